The monoisotopic (exact) mass is 506 g/mol. The first kappa shape index (κ1) is 25.3. The van der Waals surface area contributed by atoms with Crippen molar-refractivity contribution in [2.45, 2.75) is 44.9 Å². The van der Waals surface area contributed by atoms with Crippen molar-refractivity contribution in [2.24, 2.45) is 0 Å². The van der Waals surface area contributed by atoms with Crippen LogP contribution in [0.15, 0.2) is 71.6 Å². The third kappa shape index (κ3) is 5.23. The number of benzene rings is 3. The molecule has 1 aromatic heterocycles. The molecule has 4 rings (SSSR count). The van der Waals surface area contributed by atoms with Crippen LogP contribution in [0.5, 0.6) is 5.88 Å². The third-order valence-electron chi connectivity index (χ3n) is 5.91. The zero-order valence-electron chi connectivity index (χ0n) is 21.0. The normalized spacial score (nSPS) is 11.9. The van der Waals surface area contributed by atoms with Gasteiger partial charge in [0.2, 0.25) is 5.88 Å². The van der Waals surface area contributed by atoms with E-state index in [4.69, 9.17) is 9.47 Å². The number of nitrogens with one attached hydrogen (secondary N) is 2. The predicted molar refractivity (Wildman–Crippen MR) is 142 cm³/mol. The molecule has 0 radical (unpaired) electrons. The molecule has 0 amide bonds. The zero-order valence-corrected chi connectivity index (χ0v) is 21.8. The van der Waals surface area contributed by atoms with Crippen molar-refractivity contribution in [1.29, 1.82) is 0 Å². The van der Waals surface area contributed by atoms with Gasteiger partial charge in [-0.1, -0.05) is 57.2 Å². The van der Waals surface area contributed by atoms with E-state index in [1.807, 2.05) is 43.3 Å². The number of aryl methyl sites for hydroxylation is 1. The highest BCUT2D eigenvalue weighted by Gasteiger charge is 2.22. The maximum Gasteiger partial charge on any atom is 0.515 e. The second-order valence-corrected chi connectivity index (χ2v) is 11.3. The summed E-state index contributed by atoms with van der Waals surface area (Å²) in [6, 6.07) is 19.7. The van der Waals surface area contributed by atoms with Gasteiger partial charge < -0.3 is 14.5 Å². The van der Waals surface area contributed by atoms with E-state index in [9.17, 15) is 13.2 Å². The van der Waals surface area contributed by atoms with Gasteiger partial charge in [0.1, 0.15) is 0 Å². The number of hydrogen-bond acceptors (Lipinski definition) is 5. The van der Waals surface area contributed by atoms with Gasteiger partial charge in [-0.3, -0.25) is 4.72 Å². The first-order valence-electron chi connectivity index (χ1n) is 11.7. The average Bonchev–Trinajstić information content (AvgIpc) is 3.15. The van der Waals surface area contributed by atoms with Crippen LogP contribution in [0.25, 0.3) is 22.0 Å². The fourth-order valence-electron chi connectivity index (χ4n) is 4.01. The van der Waals surface area contributed by atoms with Gasteiger partial charge in [-0.25, -0.2) is 13.2 Å². The molecule has 1 heterocycles. The summed E-state index contributed by atoms with van der Waals surface area (Å²) in [7, 11) is -3.81. The second-order valence-electron chi connectivity index (χ2n) is 9.57. The van der Waals surface area contributed by atoms with Crippen molar-refractivity contribution >= 4 is 32.8 Å². The van der Waals surface area contributed by atoms with E-state index in [0.717, 1.165) is 16.7 Å². The molecule has 0 aliphatic rings. The molecule has 188 valence electrons. The Morgan fingerprint density at radius 1 is 1.00 bits per heavy atom. The number of H-pyrrole nitrogens is 1. The molecule has 4 aromatic rings. The molecule has 0 spiro atoms. The Morgan fingerprint density at radius 3 is 2.33 bits per heavy atom. The van der Waals surface area contributed by atoms with Crippen molar-refractivity contribution in [3.8, 4) is 17.0 Å². The van der Waals surface area contributed by atoms with E-state index in [1.165, 1.54) is 0 Å². The number of aromatic nitrogens is 1. The predicted octanol–water partition coefficient (Wildman–Crippen LogP) is 6.78. The van der Waals surface area contributed by atoms with Gasteiger partial charge in [0.25, 0.3) is 10.0 Å². The summed E-state index contributed by atoms with van der Waals surface area (Å²) in [5.74, 6) is 0.232. The number of fused-ring (bicyclic) bond motifs is 1. The van der Waals surface area contributed by atoms with E-state index in [1.54, 1.807) is 37.3 Å². The summed E-state index contributed by atoms with van der Waals surface area (Å²) in [5.41, 5.74) is 4.50. The third-order valence-corrected chi connectivity index (χ3v) is 7.31. The second kappa shape index (κ2) is 9.70. The molecular weight excluding hydrogens is 476 g/mol. The molecule has 36 heavy (non-hydrogen) atoms. The molecule has 3 aromatic carbocycles. The first-order valence-corrected chi connectivity index (χ1v) is 13.2. The number of anilines is 1. The van der Waals surface area contributed by atoms with Crippen LogP contribution in [-0.4, -0.2) is 26.2 Å². The highest BCUT2D eigenvalue weighted by molar-refractivity contribution is 7.92. The average molecular weight is 507 g/mol. The summed E-state index contributed by atoms with van der Waals surface area (Å²) in [6.45, 7) is 10.1. The summed E-state index contributed by atoms with van der Waals surface area (Å²) >= 11 is 0. The summed E-state index contributed by atoms with van der Waals surface area (Å²) in [5, 5.41) is 0.701. The fourth-order valence-corrected chi connectivity index (χ4v) is 5.06. The van der Waals surface area contributed by atoms with E-state index in [-0.39, 0.29) is 22.8 Å². The van der Waals surface area contributed by atoms with Gasteiger partial charge in [-0.15, -0.1) is 0 Å². The number of carbonyl (C=O) groups excluding carboxylic acids is 1. The van der Waals surface area contributed by atoms with Gasteiger partial charge in [-0.05, 0) is 66.3 Å². The highest BCUT2D eigenvalue weighted by Crippen LogP contribution is 2.40. The Kier molecular flexibility index (Phi) is 6.82. The number of carbonyl (C=O) groups is 1. The van der Waals surface area contributed by atoms with Gasteiger partial charge in [0, 0.05) is 16.6 Å². The van der Waals surface area contributed by atoms with Crippen LogP contribution >= 0.6 is 0 Å². The lowest BCUT2D eigenvalue weighted by Gasteiger charge is -2.19. The Hall–Kier alpha value is -3.78. The molecule has 0 aliphatic heterocycles. The van der Waals surface area contributed by atoms with E-state index in [0.29, 0.717) is 22.2 Å². The molecule has 0 unspecified atom stereocenters. The van der Waals surface area contributed by atoms with Crippen LogP contribution in [0.4, 0.5) is 10.5 Å². The van der Waals surface area contributed by atoms with Crippen LogP contribution in [0.1, 0.15) is 38.8 Å². The molecular formula is C28H30N2O5S. The maximum absolute atomic E-state index is 13.1. The molecule has 0 fully saturated rings. The van der Waals surface area contributed by atoms with Crippen LogP contribution in [-0.2, 0) is 20.2 Å². The van der Waals surface area contributed by atoms with Gasteiger partial charge in [-0.2, -0.15) is 0 Å². The molecule has 7 nitrogen and oxygen atoms in total. The van der Waals surface area contributed by atoms with Crippen LogP contribution in [0.3, 0.4) is 0 Å². The Bertz CT molecular complexity index is 1510. The Balaban J connectivity index is 1.75. The topological polar surface area (TPSA) is 97.5 Å². The first-order chi connectivity index (χ1) is 17.0. The Morgan fingerprint density at radius 2 is 1.69 bits per heavy atom. The summed E-state index contributed by atoms with van der Waals surface area (Å²) < 4.78 is 39.4. The molecule has 0 bridgehead atoms. The van der Waals surface area contributed by atoms with Crippen molar-refractivity contribution < 1.29 is 22.7 Å². The highest BCUT2D eigenvalue weighted by atomic mass is 32.2. The van der Waals surface area contributed by atoms with Crippen molar-refractivity contribution in [3.05, 3.63) is 77.9 Å². The smallest absolute Gasteiger partial charge is 0.434 e. The molecule has 2 N–H and O–H groups in total. The van der Waals surface area contributed by atoms with E-state index >= 15 is 0 Å². The minimum absolute atomic E-state index is 0.0790. The maximum atomic E-state index is 13.1. The lowest BCUT2D eigenvalue weighted by atomic mass is 9.87. The largest absolute Gasteiger partial charge is 0.515 e. The number of ether oxygens (including phenoxy) is 2. The SMILES string of the molecule is CCOC(=O)Oc1[nH]c2ccc(NS(=O)(=O)c3ccc(C(C)(C)C)cc3)cc2c1-c1ccccc1C. The van der Waals surface area contributed by atoms with E-state index in [2.05, 4.69) is 30.5 Å². The van der Waals surface area contributed by atoms with Crippen molar-refractivity contribution in [2.75, 3.05) is 11.3 Å². The summed E-state index contributed by atoms with van der Waals surface area (Å²) in [4.78, 5) is 15.4. The molecule has 8 heteroatoms. The number of sulfonamides is 1. The van der Waals surface area contributed by atoms with Crippen molar-refractivity contribution in [3.63, 3.8) is 0 Å². The fraction of sp³-hybridized carbons (Fsp3) is 0.250. The quantitative estimate of drug-likeness (QED) is 0.281. The van der Waals surface area contributed by atoms with Crippen LogP contribution in [0, 0.1) is 6.92 Å². The van der Waals surface area contributed by atoms with Gasteiger partial charge in [0.05, 0.1) is 17.1 Å². The van der Waals surface area contributed by atoms with Crippen LogP contribution in [0.2, 0.25) is 0 Å². The number of hydrogen-bond donors (Lipinski definition) is 2. The lowest BCUT2D eigenvalue weighted by molar-refractivity contribution is 0.103. The lowest BCUT2D eigenvalue weighted by Crippen LogP contribution is -2.14. The number of aromatic amines is 1. The number of rotatable bonds is 6. The molecule has 0 atom stereocenters. The molecule has 0 saturated heterocycles. The Labute approximate surface area is 211 Å². The molecule has 0 saturated carbocycles. The van der Waals surface area contributed by atoms with Gasteiger partial charge in [0.15, 0.2) is 0 Å². The minimum atomic E-state index is -3.81. The summed E-state index contributed by atoms with van der Waals surface area (Å²) in [6.07, 6.45) is -0.821. The van der Waals surface area contributed by atoms with Crippen molar-refractivity contribution in [1.82, 2.24) is 4.98 Å². The molecule has 0 aliphatic carbocycles. The van der Waals surface area contributed by atoms with E-state index < -0.39 is 16.2 Å². The van der Waals surface area contributed by atoms with Crippen LogP contribution < -0.4 is 9.46 Å². The van der Waals surface area contributed by atoms with Gasteiger partial charge >= 0.3 is 6.16 Å². The zero-order chi connectivity index (χ0) is 26.1. The minimum Gasteiger partial charge on any atom is -0.434 e. The standard InChI is InChI=1S/C28H30N2O5S/c1-6-34-27(31)35-26-25(22-10-8-7-9-18(22)2)23-17-20(13-16-24(23)29-26)30-36(32,33)21-14-11-19(12-15-21)28(3,4)5/h7-17,29-30H,6H2,1-5H3.